The van der Waals surface area contributed by atoms with Gasteiger partial charge < -0.3 is 9.88 Å². The Morgan fingerprint density at radius 1 is 1.07 bits per heavy atom. The first kappa shape index (κ1) is 20.9. The molecule has 1 atom stereocenters. The third-order valence-corrected chi connectivity index (χ3v) is 6.12. The summed E-state index contributed by atoms with van der Waals surface area (Å²) >= 11 is 15.7. The summed E-state index contributed by atoms with van der Waals surface area (Å²) in [4.78, 5) is 17.5. The van der Waals surface area contributed by atoms with Gasteiger partial charge in [-0.25, -0.2) is 4.98 Å². The number of nitrogens with zero attached hydrogens (tertiary/aromatic N) is 2. The number of carbonyl (C=O) groups excluding carboxylic acids is 1. The van der Waals surface area contributed by atoms with Crippen molar-refractivity contribution in [2.45, 2.75) is 19.5 Å². The van der Waals surface area contributed by atoms with Crippen LogP contribution in [-0.4, -0.2) is 15.5 Å². The smallest absolute Gasteiger partial charge is 0.251 e. The van der Waals surface area contributed by atoms with Crippen LogP contribution in [0.1, 0.15) is 34.7 Å². The number of hydrogen-bond donors (Lipinski definition) is 1. The molecule has 152 valence electrons. The van der Waals surface area contributed by atoms with E-state index < -0.39 is 0 Å². The van der Waals surface area contributed by atoms with Crippen LogP contribution in [0.4, 0.5) is 0 Å². The first-order valence-electron chi connectivity index (χ1n) is 9.38. The first-order chi connectivity index (χ1) is 14.4. The fourth-order valence-corrected chi connectivity index (χ4v) is 3.94. The van der Waals surface area contributed by atoms with Gasteiger partial charge in [-0.1, -0.05) is 57.3 Å². The lowest BCUT2D eigenvalue weighted by Gasteiger charge is -2.17. The molecule has 1 aromatic heterocycles. The molecule has 0 fully saturated rings. The van der Waals surface area contributed by atoms with Crippen LogP contribution in [0, 0.1) is 0 Å². The summed E-state index contributed by atoms with van der Waals surface area (Å²) in [5, 5.41) is 4.09. The van der Waals surface area contributed by atoms with Crippen molar-refractivity contribution >= 4 is 56.1 Å². The Hall–Kier alpha value is -2.34. The number of rotatable bonds is 5. The minimum Gasteiger partial charge on any atom is -0.342 e. The maximum absolute atomic E-state index is 12.7. The van der Waals surface area contributed by atoms with E-state index in [2.05, 4.69) is 25.8 Å². The Bertz CT molecular complexity index is 1220. The largest absolute Gasteiger partial charge is 0.342 e. The lowest BCUT2D eigenvalue weighted by Crippen LogP contribution is -2.28. The van der Waals surface area contributed by atoms with Crippen LogP contribution < -0.4 is 5.32 Å². The maximum atomic E-state index is 12.7. The van der Waals surface area contributed by atoms with Gasteiger partial charge in [-0.2, -0.15) is 0 Å². The third kappa shape index (κ3) is 4.38. The Balaban J connectivity index is 1.67. The van der Waals surface area contributed by atoms with Crippen molar-refractivity contribution < 1.29 is 4.79 Å². The van der Waals surface area contributed by atoms with Crippen molar-refractivity contribution in [3.8, 4) is 0 Å². The van der Waals surface area contributed by atoms with Gasteiger partial charge >= 0.3 is 0 Å². The van der Waals surface area contributed by atoms with Crippen molar-refractivity contribution in [2.75, 3.05) is 0 Å². The molecular weight excluding hydrogens is 485 g/mol. The zero-order chi connectivity index (χ0) is 21.3. The molecular formula is C23H18BrCl2N3O. The van der Waals surface area contributed by atoms with Gasteiger partial charge in [0.2, 0.25) is 0 Å². The fourth-order valence-electron chi connectivity index (χ4n) is 3.36. The molecule has 7 heteroatoms. The molecule has 0 spiro atoms. The van der Waals surface area contributed by atoms with Crippen LogP contribution in [0.3, 0.4) is 0 Å². The Labute approximate surface area is 193 Å². The van der Waals surface area contributed by atoms with E-state index >= 15 is 0 Å². The highest BCUT2D eigenvalue weighted by atomic mass is 79.9. The number of imidazole rings is 1. The molecule has 0 aliphatic carbocycles. The zero-order valence-electron chi connectivity index (χ0n) is 16.1. The van der Waals surface area contributed by atoms with E-state index in [4.69, 9.17) is 28.2 Å². The Kier molecular flexibility index (Phi) is 6.14. The van der Waals surface area contributed by atoms with E-state index in [1.54, 1.807) is 18.2 Å². The number of para-hydroxylation sites is 2. The molecule has 0 aliphatic heterocycles. The molecule has 0 aliphatic rings. The van der Waals surface area contributed by atoms with Crippen molar-refractivity contribution in [1.82, 2.24) is 14.9 Å². The maximum Gasteiger partial charge on any atom is 0.251 e. The van der Waals surface area contributed by atoms with E-state index in [1.807, 2.05) is 55.5 Å². The van der Waals surface area contributed by atoms with Gasteiger partial charge in [0.25, 0.3) is 5.91 Å². The van der Waals surface area contributed by atoms with Crippen LogP contribution in [0.15, 0.2) is 71.2 Å². The highest BCUT2D eigenvalue weighted by Crippen LogP contribution is 2.26. The molecule has 4 rings (SSSR count). The lowest BCUT2D eigenvalue weighted by atomic mass is 10.2. The number of aromatic nitrogens is 2. The topological polar surface area (TPSA) is 46.9 Å². The predicted molar refractivity (Wildman–Crippen MR) is 125 cm³/mol. The standard InChI is InChI=1S/C23H18BrCl2N3O/c1-14(27-23(30)16-7-9-17(24)10-8-16)22-28-20-4-2-3-5-21(20)29(22)13-15-6-11-18(25)19(26)12-15/h2-12,14H,13H2,1H3,(H,27,30). The molecule has 0 saturated heterocycles. The van der Waals surface area contributed by atoms with Gasteiger partial charge in [-0.05, 0) is 61.0 Å². The molecule has 30 heavy (non-hydrogen) atoms. The molecule has 0 saturated carbocycles. The average Bonchev–Trinajstić information content (AvgIpc) is 3.10. The normalized spacial score (nSPS) is 12.1. The third-order valence-electron chi connectivity index (χ3n) is 4.85. The SMILES string of the molecule is CC(NC(=O)c1ccc(Br)cc1)c1nc2ccccc2n1Cc1ccc(Cl)c(Cl)c1. The van der Waals surface area contributed by atoms with Crippen molar-refractivity contribution in [2.24, 2.45) is 0 Å². The van der Waals surface area contributed by atoms with Gasteiger partial charge in [0.1, 0.15) is 5.82 Å². The van der Waals surface area contributed by atoms with Crippen LogP contribution in [0.2, 0.25) is 10.0 Å². The van der Waals surface area contributed by atoms with Crippen molar-refractivity contribution in [1.29, 1.82) is 0 Å². The highest BCUT2D eigenvalue weighted by Gasteiger charge is 2.19. The van der Waals surface area contributed by atoms with E-state index in [9.17, 15) is 4.79 Å². The molecule has 0 bridgehead atoms. The number of carbonyl (C=O) groups is 1. The number of amides is 1. The minimum absolute atomic E-state index is 0.150. The molecule has 0 radical (unpaired) electrons. The summed E-state index contributed by atoms with van der Waals surface area (Å²) in [6, 6.07) is 20.5. The van der Waals surface area contributed by atoms with E-state index in [0.717, 1.165) is 26.9 Å². The summed E-state index contributed by atoms with van der Waals surface area (Å²) in [7, 11) is 0. The van der Waals surface area contributed by atoms with Crippen molar-refractivity contribution in [3.05, 3.63) is 98.2 Å². The number of benzene rings is 3. The number of nitrogens with one attached hydrogen (secondary N) is 1. The summed E-state index contributed by atoms with van der Waals surface area (Å²) in [6.07, 6.45) is 0. The van der Waals surface area contributed by atoms with Gasteiger partial charge in [-0.15, -0.1) is 0 Å². The molecule has 1 amide bonds. The van der Waals surface area contributed by atoms with Crippen molar-refractivity contribution in [3.63, 3.8) is 0 Å². The second-order valence-corrected chi connectivity index (χ2v) is 8.73. The second kappa shape index (κ2) is 8.80. The number of hydrogen-bond acceptors (Lipinski definition) is 2. The van der Waals surface area contributed by atoms with E-state index in [-0.39, 0.29) is 11.9 Å². The molecule has 4 aromatic rings. The quantitative estimate of drug-likeness (QED) is 0.332. The van der Waals surface area contributed by atoms with Gasteiger partial charge in [0.15, 0.2) is 0 Å². The Morgan fingerprint density at radius 3 is 2.53 bits per heavy atom. The summed E-state index contributed by atoms with van der Waals surface area (Å²) < 4.78 is 3.03. The van der Waals surface area contributed by atoms with E-state index in [1.165, 1.54) is 0 Å². The molecule has 1 N–H and O–H groups in total. The molecule has 1 unspecified atom stereocenters. The Morgan fingerprint density at radius 2 is 1.80 bits per heavy atom. The second-order valence-electron chi connectivity index (χ2n) is 7.00. The number of halogens is 3. The molecule has 1 heterocycles. The van der Waals surface area contributed by atoms with Gasteiger partial charge in [0.05, 0.1) is 27.1 Å². The lowest BCUT2D eigenvalue weighted by molar-refractivity contribution is 0.0937. The average molecular weight is 503 g/mol. The van der Waals surface area contributed by atoms with Gasteiger partial charge in [-0.3, -0.25) is 4.79 Å². The highest BCUT2D eigenvalue weighted by molar-refractivity contribution is 9.10. The monoisotopic (exact) mass is 501 g/mol. The van der Waals surface area contributed by atoms with Crippen LogP contribution in [-0.2, 0) is 6.54 Å². The van der Waals surface area contributed by atoms with Crippen LogP contribution >= 0.6 is 39.1 Å². The van der Waals surface area contributed by atoms with Gasteiger partial charge in [0, 0.05) is 16.6 Å². The van der Waals surface area contributed by atoms with Crippen LogP contribution in [0.5, 0.6) is 0 Å². The van der Waals surface area contributed by atoms with Crippen LogP contribution in [0.25, 0.3) is 11.0 Å². The minimum atomic E-state index is -0.295. The zero-order valence-corrected chi connectivity index (χ0v) is 19.2. The first-order valence-corrected chi connectivity index (χ1v) is 10.9. The molecule has 4 nitrogen and oxygen atoms in total. The summed E-state index contributed by atoms with van der Waals surface area (Å²) in [5.41, 5.74) is 3.46. The van der Waals surface area contributed by atoms with E-state index in [0.29, 0.717) is 22.2 Å². The summed E-state index contributed by atoms with van der Waals surface area (Å²) in [6.45, 7) is 2.49. The predicted octanol–water partition coefficient (Wildman–Crippen LogP) is 6.64. The number of fused-ring (bicyclic) bond motifs is 1. The molecule has 3 aromatic carbocycles. The summed E-state index contributed by atoms with van der Waals surface area (Å²) in [5.74, 6) is 0.621. The fraction of sp³-hybridized carbons (Fsp3) is 0.130.